The van der Waals surface area contributed by atoms with E-state index in [4.69, 9.17) is 16.7 Å². The van der Waals surface area contributed by atoms with Crippen LogP contribution in [0.2, 0.25) is 5.02 Å². The van der Waals surface area contributed by atoms with Crippen molar-refractivity contribution >= 4 is 35.0 Å². The number of amides is 1. The second-order valence-corrected chi connectivity index (χ2v) is 6.53. The summed E-state index contributed by atoms with van der Waals surface area (Å²) in [5.41, 5.74) is 0.713. The predicted molar refractivity (Wildman–Crippen MR) is 98.5 cm³/mol. The Labute approximate surface area is 156 Å². The molecular formula is C16H22ClN7O2. The van der Waals surface area contributed by atoms with E-state index in [1.807, 2.05) is 4.90 Å². The van der Waals surface area contributed by atoms with E-state index in [-0.39, 0.29) is 18.6 Å². The van der Waals surface area contributed by atoms with Gasteiger partial charge in [0.25, 0.3) is 0 Å². The number of anilines is 3. The van der Waals surface area contributed by atoms with E-state index in [1.54, 1.807) is 24.0 Å². The van der Waals surface area contributed by atoms with Crippen LogP contribution in [0.3, 0.4) is 0 Å². The molecule has 3 rings (SSSR count). The Bertz CT molecular complexity index is 767. The molecule has 140 valence electrons. The number of halogens is 1. The standard InChI is InChI=1S/C16H22ClN7O2/c1-11(26)24-4-2-3-13(24)8-18-15-14(17)9-19-16(22-15)21-12-7-20-23(10-12)5-6-25/h7,9-10,13,25H,2-6,8H2,1H3,(H2,18,19,21,22). The fourth-order valence-corrected chi connectivity index (χ4v) is 3.17. The van der Waals surface area contributed by atoms with Crippen LogP contribution in [-0.2, 0) is 11.3 Å². The van der Waals surface area contributed by atoms with E-state index in [2.05, 4.69) is 25.7 Å². The molecule has 9 nitrogen and oxygen atoms in total. The van der Waals surface area contributed by atoms with Crippen LogP contribution in [0.5, 0.6) is 0 Å². The van der Waals surface area contributed by atoms with E-state index in [0.29, 0.717) is 35.6 Å². The topological polar surface area (TPSA) is 108 Å². The zero-order valence-electron chi connectivity index (χ0n) is 14.5. The maximum Gasteiger partial charge on any atom is 0.229 e. The summed E-state index contributed by atoms with van der Waals surface area (Å²) < 4.78 is 1.62. The van der Waals surface area contributed by atoms with Crippen LogP contribution in [0, 0.1) is 0 Å². The second-order valence-electron chi connectivity index (χ2n) is 6.12. The number of nitrogens with zero attached hydrogens (tertiary/aromatic N) is 5. The molecule has 0 radical (unpaired) electrons. The Balaban J connectivity index is 1.64. The van der Waals surface area contributed by atoms with Gasteiger partial charge in [0.05, 0.1) is 31.2 Å². The number of hydrogen-bond donors (Lipinski definition) is 3. The number of rotatable bonds is 7. The summed E-state index contributed by atoms with van der Waals surface area (Å²) in [5.74, 6) is 0.989. The number of aromatic nitrogens is 4. The Morgan fingerprint density at radius 1 is 1.46 bits per heavy atom. The minimum atomic E-state index is 0.0189. The third kappa shape index (κ3) is 4.41. The molecule has 3 N–H and O–H groups in total. The molecule has 1 amide bonds. The van der Waals surface area contributed by atoms with Crippen molar-refractivity contribution in [3.8, 4) is 0 Å². The molecule has 26 heavy (non-hydrogen) atoms. The first-order chi connectivity index (χ1) is 12.6. The molecule has 1 fully saturated rings. The van der Waals surface area contributed by atoms with Crippen molar-refractivity contribution in [2.24, 2.45) is 0 Å². The van der Waals surface area contributed by atoms with Crippen molar-refractivity contribution in [3.63, 3.8) is 0 Å². The first-order valence-electron chi connectivity index (χ1n) is 8.51. The maximum absolute atomic E-state index is 11.7. The van der Waals surface area contributed by atoms with Crippen molar-refractivity contribution in [1.82, 2.24) is 24.6 Å². The van der Waals surface area contributed by atoms with Gasteiger partial charge < -0.3 is 20.6 Å². The summed E-state index contributed by atoms with van der Waals surface area (Å²) in [6.07, 6.45) is 6.88. The molecule has 1 saturated heterocycles. The summed E-state index contributed by atoms with van der Waals surface area (Å²) in [4.78, 5) is 22.1. The number of aliphatic hydroxyl groups is 1. The normalized spacial score (nSPS) is 16.7. The highest BCUT2D eigenvalue weighted by Crippen LogP contribution is 2.23. The van der Waals surface area contributed by atoms with Gasteiger partial charge in [-0.15, -0.1) is 0 Å². The van der Waals surface area contributed by atoms with Crippen LogP contribution < -0.4 is 10.6 Å². The van der Waals surface area contributed by atoms with Crippen molar-refractivity contribution in [3.05, 3.63) is 23.6 Å². The number of hydrogen-bond acceptors (Lipinski definition) is 7. The summed E-state index contributed by atoms with van der Waals surface area (Å²) >= 11 is 6.19. The second kappa shape index (κ2) is 8.33. The average molecular weight is 380 g/mol. The Morgan fingerprint density at radius 3 is 3.08 bits per heavy atom. The molecule has 1 atom stereocenters. The van der Waals surface area contributed by atoms with Gasteiger partial charge in [-0.2, -0.15) is 10.1 Å². The summed E-state index contributed by atoms with van der Waals surface area (Å²) in [5, 5.41) is 19.7. The van der Waals surface area contributed by atoms with Crippen molar-refractivity contribution < 1.29 is 9.90 Å². The smallest absolute Gasteiger partial charge is 0.229 e. The van der Waals surface area contributed by atoms with E-state index in [1.165, 1.54) is 6.20 Å². The minimum absolute atomic E-state index is 0.0189. The SMILES string of the molecule is CC(=O)N1CCCC1CNc1nc(Nc2cnn(CCO)c2)ncc1Cl. The first-order valence-corrected chi connectivity index (χ1v) is 8.88. The zero-order chi connectivity index (χ0) is 18.5. The highest BCUT2D eigenvalue weighted by Gasteiger charge is 2.26. The lowest BCUT2D eigenvalue weighted by Gasteiger charge is -2.23. The molecule has 0 aromatic carbocycles. The molecule has 1 aliphatic rings. The molecule has 2 aromatic rings. The van der Waals surface area contributed by atoms with Gasteiger partial charge in [0.15, 0.2) is 5.82 Å². The fourth-order valence-electron chi connectivity index (χ4n) is 3.01. The van der Waals surface area contributed by atoms with E-state index in [0.717, 1.165) is 19.4 Å². The van der Waals surface area contributed by atoms with Gasteiger partial charge in [0.1, 0.15) is 5.02 Å². The van der Waals surface area contributed by atoms with Gasteiger partial charge in [-0.3, -0.25) is 9.48 Å². The highest BCUT2D eigenvalue weighted by atomic mass is 35.5. The van der Waals surface area contributed by atoms with Gasteiger partial charge in [-0.1, -0.05) is 11.6 Å². The Kier molecular flexibility index (Phi) is 5.89. The molecule has 3 heterocycles. The number of aliphatic hydroxyl groups excluding tert-OH is 1. The fraction of sp³-hybridized carbons (Fsp3) is 0.500. The van der Waals surface area contributed by atoms with Crippen LogP contribution in [0.15, 0.2) is 18.6 Å². The molecule has 0 spiro atoms. The van der Waals surface area contributed by atoms with Crippen LogP contribution in [-0.4, -0.2) is 61.4 Å². The van der Waals surface area contributed by atoms with Gasteiger partial charge in [0, 0.05) is 32.3 Å². The molecule has 0 bridgehead atoms. The van der Waals surface area contributed by atoms with Crippen molar-refractivity contribution in [2.45, 2.75) is 32.4 Å². The van der Waals surface area contributed by atoms with Gasteiger partial charge in [-0.25, -0.2) is 4.98 Å². The lowest BCUT2D eigenvalue weighted by molar-refractivity contribution is -0.129. The number of carbonyl (C=O) groups is 1. The first kappa shape index (κ1) is 18.4. The van der Waals surface area contributed by atoms with Gasteiger partial charge in [-0.05, 0) is 12.8 Å². The summed E-state index contributed by atoms with van der Waals surface area (Å²) in [6.45, 7) is 3.41. The van der Waals surface area contributed by atoms with Crippen LogP contribution >= 0.6 is 11.6 Å². The van der Waals surface area contributed by atoms with Crippen LogP contribution in [0.4, 0.5) is 17.5 Å². The lowest BCUT2D eigenvalue weighted by atomic mass is 10.2. The molecule has 1 aliphatic heterocycles. The molecule has 0 aliphatic carbocycles. The van der Waals surface area contributed by atoms with Crippen LogP contribution in [0.1, 0.15) is 19.8 Å². The van der Waals surface area contributed by atoms with Gasteiger partial charge >= 0.3 is 0 Å². The number of nitrogens with one attached hydrogen (secondary N) is 2. The van der Waals surface area contributed by atoms with Crippen molar-refractivity contribution in [1.29, 1.82) is 0 Å². The predicted octanol–water partition coefficient (Wildman–Crippen LogP) is 1.49. The minimum Gasteiger partial charge on any atom is -0.394 e. The van der Waals surface area contributed by atoms with Gasteiger partial charge in [0.2, 0.25) is 11.9 Å². The molecule has 0 saturated carbocycles. The number of carbonyl (C=O) groups excluding carboxylic acids is 1. The molecule has 2 aromatic heterocycles. The largest absolute Gasteiger partial charge is 0.394 e. The Hall–Kier alpha value is -2.39. The van der Waals surface area contributed by atoms with E-state index in [9.17, 15) is 4.79 Å². The monoisotopic (exact) mass is 379 g/mol. The molecule has 10 heteroatoms. The average Bonchev–Trinajstić information content (AvgIpc) is 3.25. The third-order valence-corrected chi connectivity index (χ3v) is 4.53. The number of likely N-dealkylation sites (tertiary alicyclic amines) is 1. The molecular weight excluding hydrogens is 358 g/mol. The Morgan fingerprint density at radius 2 is 2.31 bits per heavy atom. The highest BCUT2D eigenvalue weighted by molar-refractivity contribution is 6.32. The van der Waals surface area contributed by atoms with Crippen molar-refractivity contribution in [2.75, 3.05) is 30.3 Å². The quantitative estimate of drug-likeness (QED) is 0.668. The maximum atomic E-state index is 11.7. The summed E-state index contributed by atoms with van der Waals surface area (Å²) in [7, 11) is 0. The lowest BCUT2D eigenvalue weighted by Crippen LogP contribution is -2.38. The third-order valence-electron chi connectivity index (χ3n) is 4.25. The van der Waals surface area contributed by atoms with E-state index < -0.39 is 0 Å². The van der Waals surface area contributed by atoms with E-state index >= 15 is 0 Å². The van der Waals surface area contributed by atoms with Crippen LogP contribution in [0.25, 0.3) is 0 Å². The summed E-state index contributed by atoms with van der Waals surface area (Å²) in [6, 6.07) is 0.145. The molecule has 1 unspecified atom stereocenters. The zero-order valence-corrected chi connectivity index (χ0v) is 15.3.